The molecule has 0 aromatic heterocycles. The van der Waals surface area contributed by atoms with Crippen molar-refractivity contribution in [2.75, 3.05) is 6.61 Å². The van der Waals surface area contributed by atoms with Crippen LogP contribution >= 0.6 is 7.82 Å². The van der Waals surface area contributed by atoms with Crippen molar-refractivity contribution < 1.29 is 108 Å². The van der Waals surface area contributed by atoms with Gasteiger partial charge in [-0.2, -0.15) is 0 Å². The molecule has 14 heteroatoms. The first kappa shape index (κ1) is 25.6. The van der Waals surface area contributed by atoms with E-state index in [0.29, 0.717) is 0 Å². The van der Waals surface area contributed by atoms with Crippen LogP contribution in [-0.2, 0) is 13.8 Å². The van der Waals surface area contributed by atoms with Crippen molar-refractivity contribution in [2.45, 2.75) is 37.3 Å². The third-order valence-electron chi connectivity index (χ3n) is 2.53. The van der Waals surface area contributed by atoms with Gasteiger partial charge in [-0.1, -0.05) is 0 Å². The summed E-state index contributed by atoms with van der Waals surface area (Å²) in [7, 11) is -5.42. The molecule has 22 heavy (non-hydrogen) atoms. The summed E-state index contributed by atoms with van der Waals surface area (Å²) in [4.78, 5) is 22.3. The summed E-state index contributed by atoms with van der Waals surface area (Å²) in [6, 6.07) is 0. The van der Waals surface area contributed by atoms with Crippen LogP contribution in [0.15, 0.2) is 4.99 Å². The number of ether oxygens (including phenoxy) is 1. The second kappa shape index (κ2) is 9.76. The smallest absolute Gasteiger partial charge is 0.862 e. The number of aliphatic hydroxyl groups is 4. The zero-order valence-electron chi connectivity index (χ0n) is 12.2. The monoisotopic (exact) mass is 361 g/mol. The first-order valence-electron chi connectivity index (χ1n) is 5.31. The van der Waals surface area contributed by atoms with Crippen molar-refractivity contribution in [1.29, 1.82) is 0 Å². The zero-order valence-corrected chi connectivity index (χ0v) is 17.1. The molecular weight excluding hydrogens is 347 g/mol. The Hall–Kier alpha value is 1.38. The van der Waals surface area contributed by atoms with Gasteiger partial charge < -0.3 is 40.1 Å². The van der Waals surface area contributed by atoms with Crippen LogP contribution in [0, 0.1) is 0 Å². The quantitative estimate of drug-likeness (QED) is 0.139. The molecule has 118 valence electrons. The van der Waals surface area contributed by atoms with Crippen LogP contribution in [0.2, 0.25) is 0 Å². The van der Waals surface area contributed by atoms with Gasteiger partial charge in [-0.15, -0.1) is 0 Å². The van der Waals surface area contributed by atoms with Gasteiger partial charge in [-0.25, -0.2) is 0 Å². The number of phosphoric ester groups is 1. The molecule has 1 fully saturated rings. The number of aliphatic imine (C=N–C) groups is 1. The Morgan fingerprint density at radius 1 is 1.45 bits per heavy atom. The fourth-order valence-corrected chi connectivity index (χ4v) is 2.13. The van der Waals surface area contributed by atoms with Crippen LogP contribution in [0.4, 0.5) is 0 Å². The molecule has 0 aromatic rings. The van der Waals surface area contributed by atoms with Crippen LogP contribution in [0.1, 0.15) is 6.92 Å². The zero-order chi connectivity index (χ0) is 15.7. The van der Waals surface area contributed by atoms with E-state index in [9.17, 15) is 29.9 Å². The maximum absolute atomic E-state index is 10.9. The van der Waals surface area contributed by atoms with Gasteiger partial charge >= 0.3 is 59.1 Å². The Labute approximate surface area is 169 Å². The van der Waals surface area contributed by atoms with Crippen LogP contribution < -0.4 is 69.1 Å². The SMILES string of the molecule is CC([O-])=N[C@]1(O)[C@@H](OP(=O)([O-])O)O[C@H](CO)[C@@H](O)[C@@H]1O.[Na+].[Na+]. The van der Waals surface area contributed by atoms with Gasteiger partial charge in [-0.05, 0) is 12.8 Å². The van der Waals surface area contributed by atoms with Gasteiger partial charge in [0.1, 0.15) is 18.3 Å². The van der Waals surface area contributed by atoms with E-state index >= 15 is 0 Å². The fourth-order valence-electron chi connectivity index (χ4n) is 1.68. The molecule has 1 aliphatic heterocycles. The molecular formula is C8H14NNa2O10P. The van der Waals surface area contributed by atoms with E-state index in [-0.39, 0.29) is 59.1 Å². The second-order valence-corrected chi connectivity index (χ2v) is 5.26. The van der Waals surface area contributed by atoms with Gasteiger partial charge in [0.05, 0.1) is 6.61 Å². The van der Waals surface area contributed by atoms with E-state index < -0.39 is 50.7 Å². The summed E-state index contributed by atoms with van der Waals surface area (Å²) in [5.74, 6) is -1.03. The molecule has 1 saturated heterocycles. The molecule has 0 radical (unpaired) electrons. The van der Waals surface area contributed by atoms with Crippen LogP contribution in [-0.4, -0.2) is 68.2 Å². The molecule has 0 amide bonds. The van der Waals surface area contributed by atoms with Crippen molar-refractivity contribution in [3.05, 3.63) is 0 Å². The predicted molar refractivity (Wildman–Crippen MR) is 56.7 cm³/mol. The molecule has 0 spiro atoms. The largest absolute Gasteiger partial charge is 1.00 e. The number of aliphatic hydroxyl groups excluding tert-OH is 3. The molecule has 1 heterocycles. The minimum absolute atomic E-state index is 0. The maximum atomic E-state index is 10.9. The van der Waals surface area contributed by atoms with Gasteiger partial charge in [0, 0.05) is 0 Å². The summed E-state index contributed by atoms with van der Waals surface area (Å²) < 4.78 is 19.4. The minimum atomic E-state index is -5.42. The van der Waals surface area contributed by atoms with Crippen molar-refractivity contribution in [3.63, 3.8) is 0 Å². The van der Waals surface area contributed by atoms with Crippen molar-refractivity contribution >= 4 is 13.7 Å². The van der Waals surface area contributed by atoms with E-state index in [1.807, 2.05) is 0 Å². The van der Waals surface area contributed by atoms with Crippen molar-refractivity contribution in [2.24, 2.45) is 4.99 Å². The van der Waals surface area contributed by atoms with E-state index in [1.165, 1.54) is 0 Å². The average Bonchev–Trinajstić information content (AvgIpc) is 2.28. The van der Waals surface area contributed by atoms with E-state index in [2.05, 4.69) is 9.52 Å². The fraction of sp³-hybridized carbons (Fsp3) is 0.875. The van der Waals surface area contributed by atoms with Gasteiger partial charge in [-0.3, -0.25) is 14.1 Å². The summed E-state index contributed by atoms with van der Waals surface area (Å²) in [6.07, 6.45) is -7.93. The Balaban J connectivity index is 0. The third-order valence-corrected chi connectivity index (χ3v) is 2.99. The van der Waals surface area contributed by atoms with Gasteiger partial charge in [0.15, 0.2) is 0 Å². The number of phosphoric acid groups is 1. The van der Waals surface area contributed by atoms with Gasteiger partial charge in [0.2, 0.25) is 12.0 Å². The second-order valence-electron chi connectivity index (χ2n) is 4.11. The summed E-state index contributed by atoms with van der Waals surface area (Å²) in [5.41, 5.74) is -2.97. The molecule has 1 rings (SSSR count). The molecule has 1 unspecified atom stereocenters. The third kappa shape index (κ3) is 6.36. The standard InChI is InChI=1S/C8H16NO10P.2Na/c1-3(11)9-8(14)6(13)5(12)4(2-10)18-7(8)19-20(15,16)17;;/h4-7,10,12-14H,2H2,1H3,(H,9,11)(H2,15,16,17);;/q;2*+1/p-2/t4-,5-,6+,7-,8-;;/m1../s1. The Morgan fingerprint density at radius 2 is 1.95 bits per heavy atom. The van der Waals surface area contributed by atoms with Crippen molar-refractivity contribution in [3.8, 4) is 0 Å². The maximum Gasteiger partial charge on any atom is 1.00 e. The molecule has 11 nitrogen and oxygen atoms in total. The number of nitrogens with zero attached hydrogens (tertiary/aromatic N) is 1. The van der Waals surface area contributed by atoms with Gasteiger partial charge in [0.25, 0.3) is 7.82 Å². The predicted octanol–water partition coefficient (Wildman–Crippen LogP) is -10.6. The number of rotatable bonds is 4. The van der Waals surface area contributed by atoms with Crippen LogP contribution in [0.25, 0.3) is 0 Å². The molecule has 0 aromatic carbocycles. The normalized spacial score (nSPS) is 38.4. The van der Waals surface area contributed by atoms with E-state index in [0.717, 1.165) is 6.92 Å². The average molecular weight is 361 g/mol. The molecule has 5 N–H and O–H groups in total. The number of hydrogen-bond acceptors (Lipinski definition) is 10. The molecule has 0 saturated carbocycles. The first-order chi connectivity index (χ1) is 9.01. The van der Waals surface area contributed by atoms with E-state index in [1.54, 1.807) is 0 Å². The molecule has 0 bridgehead atoms. The van der Waals surface area contributed by atoms with Crippen LogP contribution in [0.3, 0.4) is 0 Å². The molecule has 0 aliphatic carbocycles. The number of hydrogen-bond donors (Lipinski definition) is 5. The Kier molecular flexibility index (Phi) is 11.4. The summed E-state index contributed by atoms with van der Waals surface area (Å²) >= 11 is 0. The van der Waals surface area contributed by atoms with Crippen molar-refractivity contribution in [1.82, 2.24) is 0 Å². The van der Waals surface area contributed by atoms with E-state index in [4.69, 9.17) is 14.7 Å². The summed E-state index contributed by atoms with van der Waals surface area (Å²) in [6.45, 7) is 0.0187. The Bertz CT molecular complexity index is 429. The topological polar surface area (TPSA) is 195 Å². The van der Waals surface area contributed by atoms with Crippen LogP contribution in [0.5, 0.6) is 0 Å². The summed E-state index contributed by atoms with van der Waals surface area (Å²) in [5, 5.41) is 49.2. The Morgan fingerprint density at radius 3 is 2.32 bits per heavy atom. The minimum Gasteiger partial charge on any atom is -0.862 e. The molecule has 6 atom stereocenters. The first-order valence-corrected chi connectivity index (χ1v) is 6.81. The molecule has 1 aliphatic rings.